The first-order valence-corrected chi connectivity index (χ1v) is 8.48. The fourth-order valence-electron chi connectivity index (χ4n) is 2.70. The molecule has 2 N–H and O–H groups in total. The Kier molecular flexibility index (Phi) is 4.62. The number of nitrogens with one attached hydrogen (secondary N) is 2. The molecule has 4 rings (SSSR count). The summed E-state index contributed by atoms with van der Waals surface area (Å²) in [5.41, 5.74) is 2.77. The normalized spacial score (nSPS) is 13.7. The summed E-state index contributed by atoms with van der Waals surface area (Å²) in [4.78, 5) is 12.8. The van der Waals surface area contributed by atoms with Crippen molar-refractivity contribution >= 4 is 17.2 Å². The van der Waals surface area contributed by atoms with Gasteiger partial charge in [-0.2, -0.15) is 5.26 Å². The largest absolute Gasteiger partial charge is 0.437 e. The lowest BCUT2D eigenvalue weighted by molar-refractivity contribution is 0.460. The summed E-state index contributed by atoms with van der Waals surface area (Å²) in [6.07, 6.45) is 6.00. The second kappa shape index (κ2) is 7.54. The summed E-state index contributed by atoms with van der Waals surface area (Å²) in [7, 11) is 0. The van der Waals surface area contributed by atoms with Gasteiger partial charge in [0.05, 0.1) is 11.4 Å². The number of aromatic nitrogens is 3. The zero-order valence-electron chi connectivity index (χ0n) is 14.4. The Hall–Kier alpha value is -3.92. The van der Waals surface area contributed by atoms with Gasteiger partial charge in [0.1, 0.15) is 11.6 Å². The monoisotopic (exact) mass is 356 g/mol. The van der Waals surface area contributed by atoms with Crippen molar-refractivity contribution in [2.45, 2.75) is 6.42 Å². The Bertz CT molecular complexity index is 999. The Labute approximate surface area is 156 Å². The molecule has 0 atom stereocenters. The molecule has 0 fully saturated rings. The lowest BCUT2D eigenvalue weighted by Gasteiger charge is -2.07. The van der Waals surface area contributed by atoms with Crippen molar-refractivity contribution in [2.24, 2.45) is 0 Å². The first-order valence-electron chi connectivity index (χ1n) is 8.48. The van der Waals surface area contributed by atoms with Gasteiger partial charge in [-0.05, 0) is 36.2 Å². The van der Waals surface area contributed by atoms with Crippen molar-refractivity contribution in [1.82, 2.24) is 15.0 Å². The van der Waals surface area contributed by atoms with E-state index in [0.29, 0.717) is 35.4 Å². The summed E-state index contributed by atoms with van der Waals surface area (Å²) in [6.45, 7) is 0.661. The minimum atomic E-state index is 0.323. The highest BCUT2D eigenvalue weighted by atomic mass is 16.5. The fourth-order valence-corrected chi connectivity index (χ4v) is 2.70. The molecule has 7 heteroatoms. The van der Waals surface area contributed by atoms with E-state index >= 15 is 0 Å². The summed E-state index contributed by atoms with van der Waals surface area (Å²) < 4.78 is 5.75. The number of hydrogen-bond acceptors (Lipinski definition) is 7. The quantitative estimate of drug-likeness (QED) is 0.678. The number of pyridine rings is 1. The average Bonchev–Trinajstić information content (AvgIpc) is 3.13. The number of ether oxygens (including phenoxy) is 1. The van der Waals surface area contributed by atoms with Crippen LogP contribution in [0.15, 0.2) is 66.9 Å². The Morgan fingerprint density at radius 3 is 2.89 bits per heavy atom. The van der Waals surface area contributed by atoms with Crippen LogP contribution in [-0.2, 0) is 6.42 Å². The van der Waals surface area contributed by atoms with E-state index in [2.05, 4.69) is 31.7 Å². The van der Waals surface area contributed by atoms with Gasteiger partial charge in [-0.3, -0.25) is 4.98 Å². The predicted octanol–water partition coefficient (Wildman–Crippen LogP) is 3.22. The minimum Gasteiger partial charge on any atom is -0.437 e. The van der Waals surface area contributed by atoms with Crippen LogP contribution in [0, 0.1) is 11.3 Å². The highest BCUT2D eigenvalue weighted by Crippen LogP contribution is 2.35. The SMILES string of the molecule is N#CC(=C1Nc2ccccc2O1)c1ccnc(NCCc2cccnc2)n1. The van der Waals surface area contributed by atoms with Crippen LogP contribution < -0.4 is 15.4 Å². The molecule has 27 heavy (non-hydrogen) atoms. The number of allylic oxidation sites excluding steroid dienone is 1. The van der Waals surface area contributed by atoms with Gasteiger partial charge in [-0.25, -0.2) is 9.97 Å². The average molecular weight is 356 g/mol. The van der Waals surface area contributed by atoms with Gasteiger partial charge in [0.2, 0.25) is 11.8 Å². The van der Waals surface area contributed by atoms with Crippen LogP contribution in [0.4, 0.5) is 11.6 Å². The van der Waals surface area contributed by atoms with Gasteiger partial charge in [-0.1, -0.05) is 18.2 Å². The molecule has 3 aromatic rings. The number of benzene rings is 1. The molecule has 132 valence electrons. The van der Waals surface area contributed by atoms with E-state index < -0.39 is 0 Å². The lowest BCUT2D eigenvalue weighted by atomic mass is 10.2. The van der Waals surface area contributed by atoms with Gasteiger partial charge >= 0.3 is 0 Å². The topological polar surface area (TPSA) is 95.8 Å². The Balaban J connectivity index is 1.50. The smallest absolute Gasteiger partial charge is 0.223 e. The number of fused-ring (bicyclic) bond motifs is 1. The third kappa shape index (κ3) is 3.70. The second-order valence-corrected chi connectivity index (χ2v) is 5.84. The van der Waals surface area contributed by atoms with E-state index in [-0.39, 0.29) is 0 Å². The molecular weight excluding hydrogens is 340 g/mol. The van der Waals surface area contributed by atoms with Crippen LogP contribution in [0.2, 0.25) is 0 Å². The van der Waals surface area contributed by atoms with Crippen LogP contribution >= 0.6 is 0 Å². The molecule has 1 aromatic carbocycles. The maximum absolute atomic E-state index is 9.62. The van der Waals surface area contributed by atoms with Gasteiger partial charge in [0, 0.05) is 25.1 Å². The molecule has 0 saturated carbocycles. The summed E-state index contributed by atoms with van der Waals surface area (Å²) in [5.74, 6) is 1.52. The Morgan fingerprint density at radius 1 is 1.15 bits per heavy atom. The first-order chi connectivity index (χ1) is 13.3. The van der Waals surface area contributed by atoms with Crippen molar-refractivity contribution in [3.63, 3.8) is 0 Å². The van der Waals surface area contributed by atoms with Gasteiger partial charge in [0.15, 0.2) is 5.75 Å². The number of nitrogens with zero attached hydrogens (tertiary/aromatic N) is 4. The second-order valence-electron chi connectivity index (χ2n) is 5.84. The molecule has 0 amide bonds. The van der Waals surface area contributed by atoms with Crippen molar-refractivity contribution in [2.75, 3.05) is 17.2 Å². The van der Waals surface area contributed by atoms with Crippen LogP contribution in [0.3, 0.4) is 0 Å². The number of nitriles is 1. The fraction of sp³-hybridized carbons (Fsp3) is 0.100. The van der Waals surface area contributed by atoms with E-state index in [1.165, 1.54) is 0 Å². The molecule has 0 saturated heterocycles. The van der Waals surface area contributed by atoms with Crippen LogP contribution in [0.25, 0.3) is 5.57 Å². The van der Waals surface area contributed by atoms with Gasteiger partial charge in [0.25, 0.3) is 0 Å². The molecule has 1 aliphatic heterocycles. The lowest BCUT2D eigenvalue weighted by Crippen LogP contribution is -2.09. The maximum atomic E-state index is 9.62. The standard InChI is InChI=1S/C20H16N6O/c21-12-15(19-25-17-5-1-2-6-18(17)27-19)16-8-11-24-20(26-16)23-10-7-14-4-3-9-22-13-14/h1-6,8-9,11,13,25H,7,10H2,(H,23,24,26). The highest BCUT2D eigenvalue weighted by molar-refractivity contribution is 5.81. The number of para-hydroxylation sites is 2. The van der Waals surface area contributed by atoms with E-state index in [1.807, 2.05) is 42.6 Å². The molecule has 1 aliphatic rings. The van der Waals surface area contributed by atoms with Gasteiger partial charge < -0.3 is 15.4 Å². The Morgan fingerprint density at radius 2 is 2.07 bits per heavy atom. The van der Waals surface area contributed by atoms with Crippen molar-refractivity contribution < 1.29 is 4.74 Å². The third-order valence-corrected chi connectivity index (χ3v) is 4.02. The molecular formula is C20H16N6O. The van der Waals surface area contributed by atoms with Crippen molar-refractivity contribution in [1.29, 1.82) is 5.26 Å². The third-order valence-electron chi connectivity index (χ3n) is 4.02. The number of anilines is 2. The van der Waals surface area contributed by atoms with Crippen LogP contribution in [0.5, 0.6) is 5.75 Å². The molecule has 2 aromatic heterocycles. The van der Waals surface area contributed by atoms with E-state index in [9.17, 15) is 5.26 Å². The molecule has 7 nitrogen and oxygen atoms in total. The molecule has 0 aliphatic carbocycles. The summed E-state index contributed by atoms with van der Waals surface area (Å²) >= 11 is 0. The van der Waals surface area contributed by atoms with E-state index in [4.69, 9.17) is 4.74 Å². The predicted molar refractivity (Wildman–Crippen MR) is 102 cm³/mol. The van der Waals surface area contributed by atoms with Crippen molar-refractivity contribution in [3.8, 4) is 11.8 Å². The summed E-state index contributed by atoms with van der Waals surface area (Å²) in [5, 5.41) is 15.9. The zero-order chi connectivity index (χ0) is 18.5. The van der Waals surface area contributed by atoms with Crippen LogP contribution in [-0.4, -0.2) is 21.5 Å². The van der Waals surface area contributed by atoms with Crippen LogP contribution in [0.1, 0.15) is 11.3 Å². The first kappa shape index (κ1) is 16.5. The van der Waals surface area contributed by atoms with Crippen molar-refractivity contribution in [3.05, 3.63) is 78.2 Å². The zero-order valence-corrected chi connectivity index (χ0v) is 14.4. The van der Waals surface area contributed by atoms with E-state index in [0.717, 1.165) is 17.7 Å². The number of rotatable bonds is 5. The minimum absolute atomic E-state index is 0.323. The molecule has 3 heterocycles. The summed E-state index contributed by atoms with van der Waals surface area (Å²) in [6, 6.07) is 15.3. The maximum Gasteiger partial charge on any atom is 0.223 e. The van der Waals surface area contributed by atoms with Gasteiger partial charge in [-0.15, -0.1) is 0 Å². The highest BCUT2D eigenvalue weighted by Gasteiger charge is 2.21. The molecule has 0 bridgehead atoms. The molecule has 0 radical (unpaired) electrons. The molecule has 0 unspecified atom stereocenters. The molecule has 0 spiro atoms. The number of hydrogen-bond donors (Lipinski definition) is 2. The van der Waals surface area contributed by atoms with E-state index in [1.54, 1.807) is 18.5 Å².